The summed E-state index contributed by atoms with van der Waals surface area (Å²) in [5.74, 6) is 0.670. The topological polar surface area (TPSA) is 23.5 Å². The van der Waals surface area contributed by atoms with Crippen LogP contribution in [0.25, 0.3) is 0 Å². The van der Waals surface area contributed by atoms with Crippen LogP contribution in [0, 0.1) is 19.8 Å². The second-order valence-corrected chi connectivity index (χ2v) is 6.77. The second kappa shape index (κ2) is 8.16. The number of nitrogens with zero attached hydrogens (tertiary/aromatic N) is 1. The molecule has 2 aromatic carbocycles. The van der Waals surface area contributed by atoms with Crippen LogP contribution in [0.2, 0.25) is 0 Å². The lowest BCUT2D eigenvalue weighted by Gasteiger charge is -2.28. The molecule has 0 heterocycles. The lowest BCUT2D eigenvalue weighted by Crippen LogP contribution is -2.21. The maximum absolute atomic E-state index is 9.20. The number of aliphatic hydroxyl groups excluding tert-OH is 1. The molecular formula is C21H29NO. The molecule has 0 aliphatic carbocycles. The van der Waals surface area contributed by atoms with Gasteiger partial charge in [0.15, 0.2) is 0 Å². The minimum atomic E-state index is 0.193. The maximum Gasteiger partial charge on any atom is 0.0471 e. The maximum atomic E-state index is 9.20. The number of benzene rings is 2. The molecule has 2 nitrogen and oxygen atoms in total. The van der Waals surface area contributed by atoms with Gasteiger partial charge in [-0.25, -0.2) is 0 Å². The van der Waals surface area contributed by atoms with Crippen LogP contribution in [0.4, 0.5) is 11.4 Å². The van der Waals surface area contributed by atoms with Crippen LogP contribution in [0.3, 0.4) is 0 Å². The van der Waals surface area contributed by atoms with Crippen molar-refractivity contribution in [3.8, 4) is 0 Å². The van der Waals surface area contributed by atoms with E-state index >= 15 is 0 Å². The Labute approximate surface area is 140 Å². The third kappa shape index (κ3) is 4.84. The summed E-state index contributed by atoms with van der Waals surface area (Å²) in [6.45, 7) is 10.0. The van der Waals surface area contributed by atoms with Crippen molar-refractivity contribution in [3.63, 3.8) is 0 Å². The summed E-state index contributed by atoms with van der Waals surface area (Å²) in [5, 5.41) is 9.20. The Morgan fingerprint density at radius 2 is 1.83 bits per heavy atom. The van der Waals surface area contributed by atoms with Gasteiger partial charge in [-0.15, -0.1) is 0 Å². The first kappa shape index (κ1) is 17.6. The fourth-order valence-corrected chi connectivity index (χ4v) is 2.89. The zero-order valence-electron chi connectivity index (χ0n) is 14.8. The van der Waals surface area contributed by atoms with Gasteiger partial charge in [0.1, 0.15) is 0 Å². The standard InChI is InChI=1S/C21H29NO/c1-16(2)10-12-22(21-9-8-17(3)14-18(21)4)20-7-5-6-19(15-20)11-13-23/h5-9,14-16,23H,10-13H2,1-4H3. The van der Waals surface area contributed by atoms with Crippen LogP contribution < -0.4 is 4.90 Å². The minimum Gasteiger partial charge on any atom is -0.396 e. The van der Waals surface area contributed by atoms with Crippen LogP contribution in [0.1, 0.15) is 37.0 Å². The van der Waals surface area contributed by atoms with E-state index in [1.165, 1.54) is 28.1 Å². The molecule has 0 fully saturated rings. The Morgan fingerprint density at radius 1 is 1.04 bits per heavy atom. The summed E-state index contributed by atoms with van der Waals surface area (Å²) >= 11 is 0. The van der Waals surface area contributed by atoms with Crippen LogP contribution in [0.5, 0.6) is 0 Å². The van der Waals surface area contributed by atoms with Crippen molar-refractivity contribution in [1.29, 1.82) is 0 Å². The summed E-state index contributed by atoms with van der Waals surface area (Å²) in [6, 6.07) is 15.2. The quantitative estimate of drug-likeness (QED) is 0.776. The van der Waals surface area contributed by atoms with E-state index in [-0.39, 0.29) is 6.61 Å². The molecule has 2 heteroatoms. The van der Waals surface area contributed by atoms with Gasteiger partial charge in [-0.2, -0.15) is 0 Å². The summed E-state index contributed by atoms with van der Waals surface area (Å²) in [5.41, 5.74) is 6.27. The van der Waals surface area contributed by atoms with Gasteiger partial charge < -0.3 is 10.0 Å². The average Bonchev–Trinajstić information content (AvgIpc) is 2.50. The highest BCUT2D eigenvalue weighted by Gasteiger charge is 2.13. The summed E-state index contributed by atoms with van der Waals surface area (Å²) in [4.78, 5) is 2.41. The molecule has 124 valence electrons. The van der Waals surface area contributed by atoms with E-state index in [0.717, 1.165) is 13.0 Å². The zero-order chi connectivity index (χ0) is 16.8. The van der Waals surface area contributed by atoms with Crippen molar-refractivity contribution in [1.82, 2.24) is 0 Å². The number of anilines is 2. The molecule has 23 heavy (non-hydrogen) atoms. The summed E-state index contributed by atoms with van der Waals surface area (Å²) in [7, 11) is 0. The third-order valence-corrected chi connectivity index (χ3v) is 4.20. The fraction of sp³-hybridized carbons (Fsp3) is 0.429. The first-order chi connectivity index (χ1) is 11.0. The highest BCUT2D eigenvalue weighted by atomic mass is 16.2. The highest BCUT2D eigenvalue weighted by Crippen LogP contribution is 2.30. The largest absolute Gasteiger partial charge is 0.396 e. The number of aliphatic hydroxyl groups is 1. The van der Waals surface area contributed by atoms with E-state index in [4.69, 9.17) is 0 Å². The molecule has 2 aromatic rings. The Hall–Kier alpha value is -1.80. The van der Waals surface area contributed by atoms with Gasteiger partial charge in [-0.05, 0) is 61.9 Å². The molecular weight excluding hydrogens is 282 g/mol. The van der Waals surface area contributed by atoms with Gasteiger partial charge in [-0.1, -0.05) is 43.7 Å². The van der Waals surface area contributed by atoms with E-state index in [0.29, 0.717) is 12.3 Å². The minimum absolute atomic E-state index is 0.193. The zero-order valence-corrected chi connectivity index (χ0v) is 14.8. The molecule has 1 N–H and O–H groups in total. The Balaban J connectivity index is 2.38. The molecule has 0 amide bonds. The fourth-order valence-electron chi connectivity index (χ4n) is 2.89. The molecule has 0 bridgehead atoms. The number of hydrogen-bond donors (Lipinski definition) is 1. The van der Waals surface area contributed by atoms with Crippen LogP contribution in [-0.4, -0.2) is 18.3 Å². The molecule has 0 aromatic heterocycles. The monoisotopic (exact) mass is 311 g/mol. The van der Waals surface area contributed by atoms with Crippen LogP contribution in [0.15, 0.2) is 42.5 Å². The van der Waals surface area contributed by atoms with E-state index in [9.17, 15) is 5.11 Å². The Kier molecular flexibility index (Phi) is 6.23. The summed E-state index contributed by atoms with van der Waals surface area (Å²) < 4.78 is 0. The predicted molar refractivity (Wildman–Crippen MR) is 99.6 cm³/mol. The van der Waals surface area contributed by atoms with Crippen molar-refractivity contribution < 1.29 is 5.11 Å². The SMILES string of the molecule is Cc1ccc(N(CCC(C)C)c2cccc(CCO)c2)c(C)c1. The molecule has 0 aliphatic rings. The first-order valence-corrected chi connectivity index (χ1v) is 8.56. The predicted octanol–water partition coefficient (Wildman–Crippen LogP) is 5.02. The molecule has 2 rings (SSSR count). The van der Waals surface area contributed by atoms with Gasteiger partial charge in [0.05, 0.1) is 0 Å². The molecule has 0 unspecified atom stereocenters. The molecule has 0 aliphatic heterocycles. The lowest BCUT2D eigenvalue weighted by molar-refractivity contribution is 0.299. The van der Waals surface area contributed by atoms with E-state index < -0.39 is 0 Å². The number of rotatable bonds is 7. The van der Waals surface area contributed by atoms with Crippen LogP contribution >= 0.6 is 0 Å². The van der Waals surface area contributed by atoms with Gasteiger partial charge in [-0.3, -0.25) is 0 Å². The van der Waals surface area contributed by atoms with E-state index in [1.54, 1.807) is 0 Å². The van der Waals surface area contributed by atoms with Gasteiger partial charge >= 0.3 is 0 Å². The van der Waals surface area contributed by atoms with Crippen LogP contribution in [-0.2, 0) is 6.42 Å². The Bertz CT molecular complexity index is 633. The third-order valence-electron chi connectivity index (χ3n) is 4.20. The lowest BCUT2D eigenvalue weighted by atomic mass is 10.1. The van der Waals surface area contributed by atoms with Crippen molar-refractivity contribution in [2.75, 3.05) is 18.1 Å². The average molecular weight is 311 g/mol. The number of aryl methyl sites for hydroxylation is 2. The Morgan fingerprint density at radius 3 is 2.48 bits per heavy atom. The van der Waals surface area contributed by atoms with Crippen molar-refractivity contribution in [2.24, 2.45) is 5.92 Å². The van der Waals surface area contributed by atoms with Gasteiger partial charge in [0.2, 0.25) is 0 Å². The van der Waals surface area contributed by atoms with Crippen molar-refractivity contribution in [2.45, 2.75) is 40.5 Å². The van der Waals surface area contributed by atoms with Gasteiger partial charge in [0.25, 0.3) is 0 Å². The second-order valence-electron chi connectivity index (χ2n) is 6.77. The van der Waals surface area contributed by atoms with E-state index in [1.807, 2.05) is 0 Å². The summed E-state index contributed by atoms with van der Waals surface area (Å²) in [6.07, 6.45) is 1.86. The molecule has 0 saturated heterocycles. The normalized spacial score (nSPS) is 11.0. The molecule has 0 atom stereocenters. The smallest absolute Gasteiger partial charge is 0.0471 e. The van der Waals surface area contributed by atoms with Crippen molar-refractivity contribution in [3.05, 3.63) is 59.2 Å². The first-order valence-electron chi connectivity index (χ1n) is 8.56. The molecule has 0 saturated carbocycles. The van der Waals surface area contributed by atoms with Gasteiger partial charge in [0, 0.05) is 24.5 Å². The van der Waals surface area contributed by atoms with E-state index in [2.05, 4.69) is 75.1 Å². The number of hydrogen-bond acceptors (Lipinski definition) is 2. The molecule has 0 radical (unpaired) electrons. The van der Waals surface area contributed by atoms with Crippen molar-refractivity contribution >= 4 is 11.4 Å². The molecule has 0 spiro atoms. The highest BCUT2D eigenvalue weighted by molar-refractivity contribution is 5.67.